The van der Waals surface area contributed by atoms with E-state index in [2.05, 4.69) is 9.97 Å². The normalized spacial score (nSPS) is 14.2. The van der Waals surface area contributed by atoms with Crippen LogP contribution < -0.4 is 10.5 Å². The number of benzene rings is 1. The van der Waals surface area contributed by atoms with Crippen LogP contribution in [0.15, 0.2) is 42.7 Å². The summed E-state index contributed by atoms with van der Waals surface area (Å²) in [5.74, 6) is 0.0817. The Morgan fingerprint density at radius 3 is 2.41 bits per heavy atom. The summed E-state index contributed by atoms with van der Waals surface area (Å²) >= 11 is 0. The Bertz CT molecular complexity index is 1100. The molecule has 172 valence electrons. The van der Waals surface area contributed by atoms with Gasteiger partial charge in [-0.25, -0.2) is 13.8 Å². The highest BCUT2D eigenvalue weighted by Crippen LogP contribution is 2.36. The van der Waals surface area contributed by atoms with Crippen molar-refractivity contribution in [1.29, 1.82) is 0 Å². The predicted molar refractivity (Wildman–Crippen MR) is 112 cm³/mol. The molecule has 1 aromatic carbocycles. The Labute approximate surface area is 182 Å². The van der Waals surface area contributed by atoms with Crippen molar-refractivity contribution < 1.29 is 26.7 Å². The Balaban J connectivity index is 1.97. The molecule has 0 aliphatic heterocycles. The van der Waals surface area contributed by atoms with Gasteiger partial charge in [0, 0.05) is 28.9 Å². The number of alkyl halides is 5. The third-order valence-corrected chi connectivity index (χ3v) is 4.91. The first-order valence-corrected chi connectivity index (χ1v) is 10.0. The summed E-state index contributed by atoms with van der Waals surface area (Å²) in [5.41, 5.74) is 5.08. The fourth-order valence-electron chi connectivity index (χ4n) is 3.69. The van der Waals surface area contributed by atoms with Crippen molar-refractivity contribution in [2.45, 2.75) is 45.3 Å². The quantitative estimate of drug-likeness (QED) is 0.421. The van der Waals surface area contributed by atoms with Crippen LogP contribution >= 0.6 is 0 Å². The smallest absolute Gasteiger partial charge is 0.416 e. The molecule has 4 nitrogen and oxygen atoms in total. The molecule has 32 heavy (non-hydrogen) atoms. The van der Waals surface area contributed by atoms with E-state index in [4.69, 9.17) is 10.5 Å². The SMILES string of the molecule is CC(C)C[C@](C)(N)COc1ncc(-c2ccnc3cc(C(F)(F)F)ccc23)cc1C(F)F. The van der Waals surface area contributed by atoms with E-state index < -0.39 is 29.3 Å². The highest BCUT2D eigenvalue weighted by atomic mass is 19.4. The molecule has 9 heteroatoms. The number of hydrogen-bond acceptors (Lipinski definition) is 4. The van der Waals surface area contributed by atoms with Gasteiger partial charge in [-0.15, -0.1) is 0 Å². The van der Waals surface area contributed by atoms with Gasteiger partial charge in [0.05, 0.1) is 16.6 Å². The number of hydrogen-bond donors (Lipinski definition) is 1. The fourth-order valence-corrected chi connectivity index (χ4v) is 3.69. The lowest BCUT2D eigenvalue weighted by Crippen LogP contribution is -2.43. The fraction of sp³-hybridized carbons (Fsp3) is 0.391. The number of pyridine rings is 2. The van der Waals surface area contributed by atoms with Gasteiger partial charge in [0.2, 0.25) is 5.88 Å². The number of aromatic nitrogens is 2. The van der Waals surface area contributed by atoms with E-state index in [1.165, 1.54) is 24.5 Å². The van der Waals surface area contributed by atoms with E-state index in [1.54, 1.807) is 13.0 Å². The lowest BCUT2D eigenvalue weighted by atomic mass is 9.93. The molecule has 0 saturated carbocycles. The van der Waals surface area contributed by atoms with E-state index in [9.17, 15) is 22.0 Å². The van der Waals surface area contributed by atoms with Crippen LogP contribution in [0.3, 0.4) is 0 Å². The second-order valence-corrected chi connectivity index (χ2v) is 8.55. The molecule has 2 N–H and O–H groups in total. The van der Waals surface area contributed by atoms with Crippen LogP contribution in [0.1, 0.15) is 44.7 Å². The summed E-state index contributed by atoms with van der Waals surface area (Å²) in [6.07, 6.45) is -4.06. The minimum absolute atomic E-state index is 0.00958. The van der Waals surface area contributed by atoms with Crippen molar-refractivity contribution in [1.82, 2.24) is 9.97 Å². The molecule has 0 saturated heterocycles. The molecule has 0 radical (unpaired) electrons. The second kappa shape index (κ2) is 8.97. The van der Waals surface area contributed by atoms with Gasteiger partial charge >= 0.3 is 6.18 Å². The molecule has 0 amide bonds. The largest absolute Gasteiger partial charge is 0.475 e. The van der Waals surface area contributed by atoms with Crippen LogP contribution in [0.4, 0.5) is 22.0 Å². The lowest BCUT2D eigenvalue weighted by Gasteiger charge is -2.26. The highest BCUT2D eigenvalue weighted by Gasteiger charge is 2.31. The molecule has 3 aromatic rings. The maximum absolute atomic E-state index is 13.8. The average molecular weight is 453 g/mol. The summed E-state index contributed by atoms with van der Waals surface area (Å²) < 4.78 is 72.1. The zero-order chi connectivity index (χ0) is 23.7. The van der Waals surface area contributed by atoms with Crippen LogP contribution in [0.25, 0.3) is 22.0 Å². The van der Waals surface area contributed by atoms with Crippen molar-refractivity contribution in [2.75, 3.05) is 6.61 Å². The molecule has 0 unspecified atom stereocenters. The van der Waals surface area contributed by atoms with Crippen molar-refractivity contribution in [3.05, 3.63) is 53.9 Å². The minimum atomic E-state index is -4.51. The second-order valence-electron chi connectivity index (χ2n) is 8.55. The number of ether oxygens (including phenoxy) is 1. The molecule has 0 aliphatic carbocycles. The number of nitrogens with zero attached hydrogens (tertiary/aromatic N) is 2. The molecule has 0 spiro atoms. The number of halogens is 5. The number of nitrogens with two attached hydrogens (primary N) is 1. The van der Waals surface area contributed by atoms with Gasteiger partial charge < -0.3 is 10.5 Å². The Kier molecular flexibility index (Phi) is 6.69. The van der Waals surface area contributed by atoms with Gasteiger partial charge in [-0.3, -0.25) is 4.98 Å². The summed E-state index contributed by atoms with van der Waals surface area (Å²) in [6, 6.07) is 5.91. The van der Waals surface area contributed by atoms with Crippen molar-refractivity contribution >= 4 is 10.9 Å². The van der Waals surface area contributed by atoms with Gasteiger partial charge in [0.15, 0.2) is 0 Å². The van der Waals surface area contributed by atoms with Crippen molar-refractivity contribution in [2.24, 2.45) is 11.7 Å². The zero-order valence-corrected chi connectivity index (χ0v) is 17.9. The zero-order valence-electron chi connectivity index (χ0n) is 17.9. The first kappa shape index (κ1) is 23.8. The summed E-state index contributed by atoms with van der Waals surface area (Å²) in [6.45, 7) is 5.79. The standard InChI is InChI=1S/C23H24F5N3O/c1-13(2)10-22(3,29)12-32-21-18(20(24)25)8-14(11-31-21)16-6-7-30-19-9-15(23(26,27)28)4-5-17(16)19/h4-9,11,13,20H,10,12,29H2,1-3H3/t22-/m0/s1. The van der Waals surface area contributed by atoms with Crippen LogP contribution in [0, 0.1) is 5.92 Å². The molecule has 1 atom stereocenters. The number of rotatable bonds is 7. The maximum Gasteiger partial charge on any atom is 0.416 e. The van der Waals surface area contributed by atoms with E-state index in [1.807, 2.05) is 13.8 Å². The minimum Gasteiger partial charge on any atom is -0.475 e. The van der Waals surface area contributed by atoms with E-state index >= 15 is 0 Å². The highest BCUT2D eigenvalue weighted by molar-refractivity contribution is 5.94. The van der Waals surface area contributed by atoms with E-state index in [0.29, 0.717) is 28.9 Å². The Morgan fingerprint density at radius 1 is 1.06 bits per heavy atom. The molecular formula is C23H24F5N3O. The van der Waals surface area contributed by atoms with Crippen LogP contribution in [0.5, 0.6) is 5.88 Å². The van der Waals surface area contributed by atoms with Crippen LogP contribution in [0.2, 0.25) is 0 Å². The molecule has 2 aromatic heterocycles. The lowest BCUT2D eigenvalue weighted by molar-refractivity contribution is -0.137. The van der Waals surface area contributed by atoms with Gasteiger partial charge in [-0.2, -0.15) is 13.2 Å². The first-order chi connectivity index (χ1) is 14.9. The van der Waals surface area contributed by atoms with E-state index in [0.717, 1.165) is 12.1 Å². The molecule has 3 rings (SSSR count). The molecule has 0 fully saturated rings. The molecule has 0 bridgehead atoms. The van der Waals surface area contributed by atoms with Crippen LogP contribution in [-0.2, 0) is 6.18 Å². The number of fused-ring (bicyclic) bond motifs is 1. The third kappa shape index (κ3) is 5.51. The summed E-state index contributed by atoms with van der Waals surface area (Å²) in [4.78, 5) is 8.05. The van der Waals surface area contributed by atoms with Gasteiger partial charge in [-0.05, 0) is 49.1 Å². The first-order valence-electron chi connectivity index (χ1n) is 10.0. The monoisotopic (exact) mass is 453 g/mol. The van der Waals surface area contributed by atoms with Gasteiger partial charge in [-0.1, -0.05) is 19.9 Å². The molecular weight excluding hydrogens is 429 g/mol. The van der Waals surface area contributed by atoms with Gasteiger partial charge in [0.1, 0.15) is 6.61 Å². The Hall–Kier alpha value is -2.81. The van der Waals surface area contributed by atoms with Crippen LogP contribution in [-0.4, -0.2) is 22.1 Å². The summed E-state index contributed by atoms with van der Waals surface area (Å²) in [7, 11) is 0. The molecule has 0 aliphatic rings. The average Bonchev–Trinajstić information content (AvgIpc) is 2.69. The van der Waals surface area contributed by atoms with Crippen molar-refractivity contribution in [3.8, 4) is 17.0 Å². The topological polar surface area (TPSA) is 61.0 Å². The summed E-state index contributed by atoms with van der Waals surface area (Å²) in [5, 5.41) is 0.391. The van der Waals surface area contributed by atoms with Gasteiger partial charge in [0.25, 0.3) is 6.43 Å². The third-order valence-electron chi connectivity index (χ3n) is 4.91. The Morgan fingerprint density at radius 2 is 1.78 bits per heavy atom. The predicted octanol–water partition coefficient (Wildman–Crippen LogP) is 6.40. The van der Waals surface area contributed by atoms with E-state index in [-0.39, 0.29) is 18.0 Å². The maximum atomic E-state index is 13.8. The van der Waals surface area contributed by atoms with Crippen molar-refractivity contribution in [3.63, 3.8) is 0 Å². The molecule has 2 heterocycles.